The van der Waals surface area contributed by atoms with Crippen LogP contribution in [0.3, 0.4) is 0 Å². The van der Waals surface area contributed by atoms with Gasteiger partial charge in [-0.3, -0.25) is 19.3 Å². The minimum Gasteiger partial charge on any atom is -0.466 e. The Morgan fingerprint density at radius 3 is 2.27 bits per heavy atom. The minimum atomic E-state index is -1.05. The fourth-order valence-corrected chi connectivity index (χ4v) is 5.06. The molecule has 10 heteroatoms. The third-order valence-corrected chi connectivity index (χ3v) is 7.29. The number of rotatable bonds is 10. The zero-order chi connectivity index (χ0) is 28.6. The van der Waals surface area contributed by atoms with Gasteiger partial charge in [0.1, 0.15) is 6.61 Å². The second-order valence-corrected chi connectivity index (χ2v) is 10.5. The first-order chi connectivity index (χ1) is 19.3. The highest BCUT2D eigenvalue weighted by atomic mass is 35.5. The molecular formula is C30H29Cl3N2O5. The molecule has 0 N–H and O–H groups in total. The summed E-state index contributed by atoms with van der Waals surface area (Å²) in [7, 11) is 0. The van der Waals surface area contributed by atoms with Gasteiger partial charge in [-0.15, -0.1) is 0 Å². The van der Waals surface area contributed by atoms with E-state index in [1.807, 2.05) is 12.1 Å². The summed E-state index contributed by atoms with van der Waals surface area (Å²) in [4.78, 5) is 42.8. The summed E-state index contributed by atoms with van der Waals surface area (Å²) in [5.41, 5.74) is 2.18. The number of ether oxygens (including phenoxy) is 2. The highest BCUT2D eigenvalue weighted by molar-refractivity contribution is 6.31. The van der Waals surface area contributed by atoms with E-state index in [0.29, 0.717) is 39.3 Å². The van der Waals surface area contributed by atoms with Crippen LogP contribution >= 0.6 is 34.8 Å². The van der Waals surface area contributed by atoms with E-state index < -0.39 is 18.1 Å². The Bertz CT molecular complexity index is 1330. The van der Waals surface area contributed by atoms with Crippen molar-refractivity contribution >= 4 is 58.3 Å². The molecule has 3 aromatic rings. The molecule has 3 aromatic carbocycles. The van der Waals surface area contributed by atoms with Crippen molar-refractivity contribution in [3.63, 3.8) is 0 Å². The fourth-order valence-electron chi connectivity index (χ4n) is 4.62. The summed E-state index contributed by atoms with van der Waals surface area (Å²) in [6.07, 6.45) is -0.499. The van der Waals surface area contributed by atoms with Crippen LogP contribution in [-0.2, 0) is 30.3 Å². The first kappa shape index (κ1) is 29.9. The van der Waals surface area contributed by atoms with Crippen LogP contribution in [0.25, 0.3) is 0 Å². The molecule has 7 nitrogen and oxygen atoms in total. The Morgan fingerprint density at radius 1 is 0.950 bits per heavy atom. The van der Waals surface area contributed by atoms with Gasteiger partial charge in [-0.1, -0.05) is 65.1 Å². The van der Waals surface area contributed by atoms with Crippen molar-refractivity contribution in [3.8, 4) is 0 Å². The van der Waals surface area contributed by atoms with Crippen LogP contribution in [0.4, 0.5) is 5.69 Å². The predicted molar refractivity (Wildman–Crippen MR) is 156 cm³/mol. The molecule has 2 amide bonds. The van der Waals surface area contributed by atoms with E-state index >= 15 is 0 Å². The summed E-state index contributed by atoms with van der Waals surface area (Å²) in [5.74, 6) is -1.07. The van der Waals surface area contributed by atoms with E-state index in [4.69, 9.17) is 44.3 Å². The molecule has 4 rings (SSSR count). The highest BCUT2D eigenvalue weighted by Gasteiger charge is 2.44. The zero-order valence-electron chi connectivity index (χ0n) is 21.9. The van der Waals surface area contributed by atoms with Crippen molar-refractivity contribution in [1.29, 1.82) is 0 Å². The number of anilines is 1. The summed E-state index contributed by atoms with van der Waals surface area (Å²) < 4.78 is 11.0. The van der Waals surface area contributed by atoms with Crippen LogP contribution in [-0.4, -0.2) is 55.1 Å². The maximum Gasteiger partial charge on any atom is 0.307 e. The van der Waals surface area contributed by atoms with Gasteiger partial charge in [0, 0.05) is 33.8 Å². The number of hydrogen-bond donors (Lipinski definition) is 0. The van der Waals surface area contributed by atoms with Gasteiger partial charge in [-0.2, -0.15) is 0 Å². The van der Waals surface area contributed by atoms with Crippen LogP contribution in [0.2, 0.25) is 15.1 Å². The number of morpholine rings is 1. The molecule has 0 aromatic heterocycles. The van der Waals surface area contributed by atoms with E-state index in [-0.39, 0.29) is 38.0 Å². The average molecular weight is 604 g/mol. The van der Waals surface area contributed by atoms with Crippen molar-refractivity contribution in [1.82, 2.24) is 4.90 Å². The molecule has 1 saturated heterocycles. The molecule has 0 radical (unpaired) electrons. The van der Waals surface area contributed by atoms with Crippen molar-refractivity contribution < 1.29 is 23.9 Å². The zero-order valence-corrected chi connectivity index (χ0v) is 24.2. The molecule has 1 aliphatic heterocycles. The number of benzene rings is 3. The van der Waals surface area contributed by atoms with Crippen molar-refractivity contribution in [3.05, 3.63) is 99.0 Å². The first-order valence-electron chi connectivity index (χ1n) is 12.9. The van der Waals surface area contributed by atoms with Gasteiger partial charge < -0.3 is 14.4 Å². The normalized spacial score (nSPS) is 17.0. The van der Waals surface area contributed by atoms with Gasteiger partial charge in [-0.05, 0) is 66.9 Å². The molecule has 0 spiro atoms. The molecule has 1 aliphatic rings. The predicted octanol–water partition coefficient (Wildman–Crippen LogP) is 6.14. The number of carbonyl (C=O) groups is 3. The van der Waals surface area contributed by atoms with Crippen LogP contribution in [0.15, 0.2) is 72.8 Å². The Morgan fingerprint density at radius 2 is 1.62 bits per heavy atom. The first-order valence-corrected chi connectivity index (χ1v) is 14.0. The maximum absolute atomic E-state index is 14.2. The van der Waals surface area contributed by atoms with Gasteiger partial charge >= 0.3 is 5.97 Å². The van der Waals surface area contributed by atoms with Gasteiger partial charge in [0.15, 0.2) is 6.10 Å². The number of nitrogens with zero attached hydrogens (tertiary/aromatic N) is 2. The summed E-state index contributed by atoms with van der Waals surface area (Å²) in [6.45, 7) is 2.13. The topological polar surface area (TPSA) is 76.1 Å². The summed E-state index contributed by atoms with van der Waals surface area (Å²) >= 11 is 18.4. The van der Waals surface area contributed by atoms with Crippen LogP contribution < -0.4 is 4.90 Å². The lowest BCUT2D eigenvalue weighted by molar-refractivity contribution is -0.153. The smallest absolute Gasteiger partial charge is 0.307 e. The Balaban J connectivity index is 1.68. The Hall–Kier alpha value is -3.10. The van der Waals surface area contributed by atoms with Crippen molar-refractivity contribution in [2.75, 3.05) is 31.2 Å². The van der Waals surface area contributed by atoms with E-state index in [1.54, 1.807) is 77.4 Å². The largest absolute Gasteiger partial charge is 0.466 e. The van der Waals surface area contributed by atoms with E-state index in [0.717, 1.165) is 5.56 Å². The number of esters is 1. The van der Waals surface area contributed by atoms with Gasteiger partial charge in [-0.25, -0.2) is 0 Å². The minimum absolute atomic E-state index is 0.0233. The number of amides is 2. The molecular weight excluding hydrogens is 575 g/mol. The average Bonchev–Trinajstić information content (AvgIpc) is 2.94. The monoisotopic (exact) mass is 602 g/mol. The van der Waals surface area contributed by atoms with Gasteiger partial charge in [0.2, 0.25) is 0 Å². The lowest BCUT2D eigenvalue weighted by Gasteiger charge is -2.42. The SMILES string of the molecule is CCOC(=O)CCN(CCc1ccc(Cl)cc1)C(=O)[C@@H]1OCC(=O)N(c2cccc(Cl)c2)[C@@H]1c1ccc(Cl)cc1. The molecule has 0 saturated carbocycles. The Kier molecular flexibility index (Phi) is 10.5. The quantitative estimate of drug-likeness (QED) is 0.260. The second-order valence-electron chi connectivity index (χ2n) is 9.23. The molecule has 0 aliphatic carbocycles. The van der Waals surface area contributed by atoms with Gasteiger partial charge in [0.25, 0.3) is 11.8 Å². The third-order valence-electron chi connectivity index (χ3n) is 6.55. The lowest BCUT2D eigenvalue weighted by atomic mass is 9.95. The van der Waals surface area contributed by atoms with Crippen LogP contribution in [0.1, 0.15) is 30.5 Å². The van der Waals surface area contributed by atoms with Gasteiger partial charge in [0.05, 0.1) is 19.1 Å². The number of carbonyl (C=O) groups excluding carboxylic acids is 3. The van der Waals surface area contributed by atoms with Crippen LogP contribution in [0, 0.1) is 0 Å². The molecule has 1 heterocycles. The molecule has 1 fully saturated rings. The number of hydrogen-bond acceptors (Lipinski definition) is 5. The van der Waals surface area contributed by atoms with Crippen LogP contribution in [0.5, 0.6) is 0 Å². The maximum atomic E-state index is 14.2. The number of halogens is 3. The Labute approximate surface area is 248 Å². The summed E-state index contributed by atoms with van der Waals surface area (Å²) in [5, 5.41) is 1.59. The molecule has 210 valence electrons. The fraction of sp³-hybridized carbons (Fsp3) is 0.300. The van der Waals surface area contributed by atoms with E-state index in [9.17, 15) is 14.4 Å². The van der Waals surface area contributed by atoms with E-state index in [1.165, 1.54) is 0 Å². The van der Waals surface area contributed by atoms with E-state index in [2.05, 4.69) is 0 Å². The lowest BCUT2D eigenvalue weighted by Crippen LogP contribution is -2.56. The molecule has 0 unspecified atom stereocenters. The standard InChI is InChI=1S/C30H29Cl3N2O5/c1-2-39-27(37)15-17-34(16-14-20-6-10-22(31)11-7-20)30(38)29-28(21-8-12-23(32)13-9-21)35(26(36)19-40-29)25-5-3-4-24(33)18-25/h3-13,18,28-29H,2,14-17,19H2,1H3/t28-,29-/m1/s1. The van der Waals surface area contributed by atoms with Crippen molar-refractivity contribution in [2.45, 2.75) is 31.9 Å². The van der Waals surface area contributed by atoms with Crippen molar-refractivity contribution in [2.24, 2.45) is 0 Å². The third kappa shape index (κ3) is 7.55. The molecule has 40 heavy (non-hydrogen) atoms. The molecule has 0 bridgehead atoms. The molecule has 2 atom stereocenters. The summed E-state index contributed by atoms with van der Waals surface area (Å²) in [6, 6.07) is 20.4. The highest BCUT2D eigenvalue weighted by Crippen LogP contribution is 2.37. The second kappa shape index (κ2) is 14.0.